The lowest BCUT2D eigenvalue weighted by atomic mass is 10.2. The van der Waals surface area contributed by atoms with Crippen molar-refractivity contribution in [1.82, 2.24) is 15.1 Å². The Hall–Kier alpha value is -1.32. The summed E-state index contributed by atoms with van der Waals surface area (Å²) >= 11 is 0. The third kappa shape index (κ3) is 2.99. The predicted molar refractivity (Wildman–Crippen MR) is 74.5 cm³/mol. The Morgan fingerprint density at radius 3 is 2.84 bits per heavy atom. The molecular weight excluding hydrogens is 262 g/mol. The van der Waals surface area contributed by atoms with Crippen molar-refractivity contribution < 1.29 is 8.42 Å². The molecule has 6 heteroatoms. The topological polar surface area (TPSA) is 64.0 Å². The average Bonchev–Trinajstić information content (AvgIpc) is 2.83. The van der Waals surface area contributed by atoms with Gasteiger partial charge in [-0.25, -0.2) is 8.42 Å². The lowest BCUT2D eigenvalue weighted by Gasteiger charge is -2.11. The van der Waals surface area contributed by atoms with Crippen molar-refractivity contribution in [2.75, 3.05) is 18.1 Å². The van der Waals surface area contributed by atoms with Crippen molar-refractivity contribution in [3.8, 4) is 12.3 Å². The molecular formula is C13H19N3O2S. The molecule has 0 aromatic carbocycles. The maximum atomic E-state index is 11.6. The molecule has 1 aliphatic rings. The van der Waals surface area contributed by atoms with Crippen LogP contribution in [0.2, 0.25) is 0 Å². The quantitative estimate of drug-likeness (QED) is 0.648. The maximum Gasteiger partial charge on any atom is 0.152 e. The standard InChI is InChI=1S/C13H19N3O2S/c1-4-6-14-8-13-10(2)15-16(11(13)3)12-5-7-19(17,18)9-12/h1,12,14H,5-9H2,2-3H3. The fraction of sp³-hybridized carbons (Fsp3) is 0.615. The van der Waals surface area contributed by atoms with Gasteiger partial charge in [0.2, 0.25) is 0 Å². The van der Waals surface area contributed by atoms with Crippen molar-refractivity contribution >= 4 is 9.84 Å². The van der Waals surface area contributed by atoms with Gasteiger partial charge >= 0.3 is 0 Å². The molecule has 1 fully saturated rings. The summed E-state index contributed by atoms with van der Waals surface area (Å²) in [5.41, 5.74) is 3.08. The van der Waals surface area contributed by atoms with E-state index in [1.807, 2.05) is 18.5 Å². The van der Waals surface area contributed by atoms with E-state index in [1.54, 1.807) is 0 Å². The third-order valence-electron chi connectivity index (χ3n) is 3.56. The van der Waals surface area contributed by atoms with Gasteiger partial charge in [-0.1, -0.05) is 5.92 Å². The highest BCUT2D eigenvalue weighted by Crippen LogP contribution is 2.26. The van der Waals surface area contributed by atoms with E-state index in [9.17, 15) is 8.42 Å². The lowest BCUT2D eigenvalue weighted by Crippen LogP contribution is -2.16. The number of nitrogens with zero attached hydrogens (tertiary/aromatic N) is 2. The van der Waals surface area contributed by atoms with Crippen molar-refractivity contribution in [2.45, 2.75) is 32.9 Å². The van der Waals surface area contributed by atoms with Crippen molar-refractivity contribution in [1.29, 1.82) is 0 Å². The Bertz CT molecular complexity index is 611. The molecule has 1 aromatic heterocycles. The van der Waals surface area contributed by atoms with Crippen LogP contribution in [0.5, 0.6) is 0 Å². The molecule has 0 bridgehead atoms. The molecule has 1 aromatic rings. The van der Waals surface area contributed by atoms with E-state index < -0.39 is 9.84 Å². The van der Waals surface area contributed by atoms with E-state index in [-0.39, 0.29) is 17.5 Å². The van der Waals surface area contributed by atoms with Gasteiger partial charge in [-0.3, -0.25) is 4.68 Å². The maximum absolute atomic E-state index is 11.6. The van der Waals surface area contributed by atoms with Crippen LogP contribution in [-0.2, 0) is 16.4 Å². The van der Waals surface area contributed by atoms with Crippen LogP contribution < -0.4 is 5.32 Å². The minimum atomic E-state index is -2.89. The van der Waals surface area contributed by atoms with Gasteiger partial charge in [-0.05, 0) is 20.3 Å². The molecule has 2 rings (SSSR count). The molecule has 19 heavy (non-hydrogen) atoms. The zero-order valence-corrected chi connectivity index (χ0v) is 12.1. The van der Waals surface area contributed by atoms with E-state index in [0.29, 0.717) is 19.5 Å². The fourth-order valence-electron chi connectivity index (χ4n) is 2.54. The first-order valence-electron chi connectivity index (χ1n) is 6.34. The number of nitrogens with one attached hydrogen (secondary N) is 1. The Morgan fingerprint density at radius 1 is 1.53 bits per heavy atom. The highest BCUT2D eigenvalue weighted by Gasteiger charge is 2.31. The number of hydrogen-bond acceptors (Lipinski definition) is 4. The van der Waals surface area contributed by atoms with E-state index in [2.05, 4.69) is 16.3 Å². The number of sulfone groups is 1. The molecule has 1 unspecified atom stereocenters. The molecule has 0 saturated carbocycles. The number of aromatic nitrogens is 2. The largest absolute Gasteiger partial charge is 0.302 e. The molecule has 1 saturated heterocycles. The summed E-state index contributed by atoms with van der Waals surface area (Å²) < 4.78 is 25.0. The van der Waals surface area contributed by atoms with Crippen LogP contribution in [-0.4, -0.2) is 36.2 Å². The normalized spacial score (nSPS) is 21.4. The first-order chi connectivity index (χ1) is 8.94. The second-order valence-electron chi connectivity index (χ2n) is 4.96. The minimum absolute atomic E-state index is 0.0231. The first kappa shape index (κ1) is 14.1. The summed E-state index contributed by atoms with van der Waals surface area (Å²) in [7, 11) is -2.89. The third-order valence-corrected chi connectivity index (χ3v) is 5.31. The molecule has 0 spiro atoms. The molecule has 5 nitrogen and oxygen atoms in total. The monoisotopic (exact) mass is 281 g/mol. The van der Waals surface area contributed by atoms with Gasteiger partial charge in [0.05, 0.1) is 29.8 Å². The van der Waals surface area contributed by atoms with Crippen LogP contribution in [0.4, 0.5) is 0 Å². The van der Waals surface area contributed by atoms with Crippen molar-refractivity contribution in [3.63, 3.8) is 0 Å². The van der Waals surface area contributed by atoms with Gasteiger partial charge in [-0.15, -0.1) is 6.42 Å². The fourth-order valence-corrected chi connectivity index (χ4v) is 4.23. The summed E-state index contributed by atoms with van der Waals surface area (Å²) in [6.45, 7) is 5.11. The van der Waals surface area contributed by atoms with Crippen molar-refractivity contribution in [2.24, 2.45) is 0 Å². The van der Waals surface area contributed by atoms with Crippen molar-refractivity contribution in [3.05, 3.63) is 17.0 Å². The second-order valence-corrected chi connectivity index (χ2v) is 7.19. The summed E-state index contributed by atoms with van der Waals surface area (Å²) in [4.78, 5) is 0. The molecule has 1 atom stereocenters. The Morgan fingerprint density at radius 2 is 2.26 bits per heavy atom. The van der Waals surface area contributed by atoms with E-state index in [4.69, 9.17) is 6.42 Å². The number of aryl methyl sites for hydroxylation is 1. The summed E-state index contributed by atoms with van der Waals surface area (Å²) in [5, 5.41) is 7.64. The molecule has 0 amide bonds. The molecule has 0 aliphatic carbocycles. The number of hydrogen-bond donors (Lipinski definition) is 1. The highest BCUT2D eigenvalue weighted by atomic mass is 32.2. The molecule has 104 valence electrons. The SMILES string of the molecule is C#CCNCc1c(C)nn(C2CCS(=O)(=O)C2)c1C. The predicted octanol–water partition coefficient (Wildman–Crippen LogP) is 0.582. The molecule has 2 heterocycles. The van der Waals surface area contributed by atoms with Gasteiger partial charge in [-0.2, -0.15) is 5.10 Å². The van der Waals surface area contributed by atoms with Crippen LogP contribution in [0.3, 0.4) is 0 Å². The minimum Gasteiger partial charge on any atom is -0.302 e. The summed E-state index contributed by atoms with van der Waals surface area (Å²) in [6, 6.07) is -0.0231. The lowest BCUT2D eigenvalue weighted by molar-refractivity contribution is 0.485. The Labute approximate surface area is 114 Å². The van der Waals surface area contributed by atoms with Crippen LogP contribution in [0, 0.1) is 26.2 Å². The zero-order valence-electron chi connectivity index (χ0n) is 11.3. The van der Waals surface area contributed by atoms with Gasteiger partial charge in [0, 0.05) is 17.8 Å². The van der Waals surface area contributed by atoms with Crippen LogP contribution >= 0.6 is 0 Å². The van der Waals surface area contributed by atoms with E-state index in [0.717, 1.165) is 17.0 Å². The van der Waals surface area contributed by atoms with Crippen LogP contribution in [0.1, 0.15) is 29.4 Å². The van der Waals surface area contributed by atoms with E-state index >= 15 is 0 Å². The zero-order chi connectivity index (χ0) is 14.0. The molecule has 0 radical (unpaired) electrons. The van der Waals surface area contributed by atoms with Gasteiger partial charge in [0.25, 0.3) is 0 Å². The number of rotatable bonds is 4. The Balaban J connectivity index is 2.20. The molecule has 1 aliphatic heterocycles. The van der Waals surface area contributed by atoms with Gasteiger partial charge < -0.3 is 5.32 Å². The second kappa shape index (κ2) is 5.35. The van der Waals surface area contributed by atoms with Gasteiger partial charge in [0.1, 0.15) is 0 Å². The van der Waals surface area contributed by atoms with E-state index in [1.165, 1.54) is 0 Å². The Kier molecular flexibility index (Phi) is 3.97. The van der Waals surface area contributed by atoms with Crippen LogP contribution in [0.15, 0.2) is 0 Å². The first-order valence-corrected chi connectivity index (χ1v) is 8.16. The highest BCUT2D eigenvalue weighted by molar-refractivity contribution is 7.91. The summed E-state index contributed by atoms with van der Waals surface area (Å²) in [5.74, 6) is 3.00. The van der Waals surface area contributed by atoms with Crippen LogP contribution in [0.25, 0.3) is 0 Å². The summed E-state index contributed by atoms with van der Waals surface area (Å²) in [6.07, 6.45) is 5.86. The molecule has 1 N–H and O–H groups in total. The van der Waals surface area contributed by atoms with Gasteiger partial charge in [0.15, 0.2) is 9.84 Å². The smallest absolute Gasteiger partial charge is 0.152 e. The average molecular weight is 281 g/mol. The number of terminal acetylenes is 1.